The van der Waals surface area contributed by atoms with Gasteiger partial charge in [0.2, 0.25) is 0 Å². The van der Waals surface area contributed by atoms with Gasteiger partial charge in [0.1, 0.15) is 5.82 Å². The number of para-hydroxylation sites is 1. The van der Waals surface area contributed by atoms with Crippen molar-refractivity contribution < 1.29 is 4.74 Å². The molecule has 108 valence electrons. The van der Waals surface area contributed by atoms with Gasteiger partial charge in [0, 0.05) is 24.5 Å². The molecule has 2 aromatic rings. The lowest BCUT2D eigenvalue weighted by Crippen LogP contribution is -2.25. The lowest BCUT2D eigenvalue weighted by atomic mass is 10.1. The predicted octanol–water partition coefficient (Wildman–Crippen LogP) is 3.83. The van der Waals surface area contributed by atoms with Gasteiger partial charge in [-0.3, -0.25) is 0 Å². The molecule has 1 aromatic carbocycles. The van der Waals surface area contributed by atoms with Crippen LogP contribution in [-0.4, -0.2) is 31.3 Å². The first kappa shape index (κ1) is 15.1. The van der Waals surface area contributed by atoms with Crippen molar-refractivity contribution in [1.82, 2.24) is 4.98 Å². The highest BCUT2D eigenvalue weighted by molar-refractivity contribution is 6.17. The second-order valence-electron chi connectivity index (χ2n) is 5.14. The highest BCUT2D eigenvalue weighted by Gasteiger charge is 2.10. The number of ether oxygens (including phenoxy) is 1. The average molecular weight is 293 g/mol. The number of hydrogen-bond donors (Lipinski definition) is 0. The van der Waals surface area contributed by atoms with Crippen LogP contribution in [0.15, 0.2) is 30.3 Å². The molecule has 0 saturated carbocycles. The number of anilines is 1. The maximum Gasteiger partial charge on any atom is 0.133 e. The van der Waals surface area contributed by atoms with Gasteiger partial charge in [0.15, 0.2) is 0 Å². The van der Waals surface area contributed by atoms with Gasteiger partial charge in [-0.05, 0) is 26.0 Å². The monoisotopic (exact) mass is 292 g/mol. The Morgan fingerprint density at radius 3 is 2.75 bits per heavy atom. The summed E-state index contributed by atoms with van der Waals surface area (Å²) in [5, 5.41) is 1.12. The summed E-state index contributed by atoms with van der Waals surface area (Å²) in [7, 11) is 2.02. The minimum atomic E-state index is 0.250. The van der Waals surface area contributed by atoms with Crippen molar-refractivity contribution in [2.75, 3.05) is 25.1 Å². The first-order valence-corrected chi connectivity index (χ1v) is 7.42. The van der Waals surface area contributed by atoms with E-state index in [1.54, 1.807) is 0 Å². The number of benzene rings is 1. The molecule has 0 N–H and O–H groups in total. The Hall–Kier alpha value is -1.32. The lowest BCUT2D eigenvalue weighted by molar-refractivity contribution is 0.0845. The summed E-state index contributed by atoms with van der Waals surface area (Å²) in [4.78, 5) is 6.83. The normalized spacial score (nSPS) is 11.2. The van der Waals surface area contributed by atoms with Crippen LogP contribution < -0.4 is 4.90 Å². The zero-order valence-corrected chi connectivity index (χ0v) is 13.0. The summed E-state index contributed by atoms with van der Waals surface area (Å²) in [6.07, 6.45) is 0.250. The molecule has 0 aliphatic heterocycles. The number of alkyl halides is 1. The number of halogens is 1. The van der Waals surface area contributed by atoms with Crippen LogP contribution in [0.25, 0.3) is 10.9 Å². The molecule has 0 aliphatic carbocycles. The molecule has 3 nitrogen and oxygen atoms in total. The molecule has 0 aliphatic rings. The third-order valence-electron chi connectivity index (χ3n) is 3.16. The summed E-state index contributed by atoms with van der Waals surface area (Å²) in [5.74, 6) is 1.40. The fraction of sp³-hybridized carbons (Fsp3) is 0.438. The van der Waals surface area contributed by atoms with Crippen LogP contribution in [0, 0.1) is 0 Å². The Bertz CT molecular complexity index is 571. The van der Waals surface area contributed by atoms with E-state index in [0.29, 0.717) is 12.5 Å². The van der Waals surface area contributed by atoms with E-state index in [1.807, 2.05) is 39.1 Å². The first-order valence-electron chi connectivity index (χ1n) is 6.89. The minimum Gasteiger partial charge on any atom is -0.377 e. The van der Waals surface area contributed by atoms with E-state index in [-0.39, 0.29) is 6.10 Å². The molecule has 0 saturated heterocycles. The van der Waals surface area contributed by atoms with E-state index in [4.69, 9.17) is 21.3 Å². The smallest absolute Gasteiger partial charge is 0.133 e. The van der Waals surface area contributed by atoms with Crippen molar-refractivity contribution in [1.29, 1.82) is 0 Å². The molecule has 0 spiro atoms. The van der Waals surface area contributed by atoms with Crippen molar-refractivity contribution in [3.63, 3.8) is 0 Å². The summed E-state index contributed by atoms with van der Waals surface area (Å²) >= 11 is 6.06. The largest absolute Gasteiger partial charge is 0.377 e. The SMILES string of the molecule is CC(C)OCCN(C)c1nc2ccccc2cc1CCl. The van der Waals surface area contributed by atoms with Gasteiger partial charge in [-0.2, -0.15) is 0 Å². The molecule has 0 amide bonds. The van der Waals surface area contributed by atoms with Gasteiger partial charge in [-0.25, -0.2) is 4.98 Å². The number of fused-ring (bicyclic) bond motifs is 1. The number of nitrogens with zero attached hydrogens (tertiary/aromatic N) is 2. The van der Waals surface area contributed by atoms with E-state index in [9.17, 15) is 0 Å². The van der Waals surface area contributed by atoms with Gasteiger partial charge >= 0.3 is 0 Å². The fourth-order valence-corrected chi connectivity index (χ4v) is 2.31. The van der Waals surface area contributed by atoms with Crippen LogP contribution in [-0.2, 0) is 10.6 Å². The van der Waals surface area contributed by atoms with Crippen LogP contribution in [0.4, 0.5) is 5.82 Å². The number of rotatable bonds is 6. The van der Waals surface area contributed by atoms with Crippen LogP contribution in [0.1, 0.15) is 19.4 Å². The Morgan fingerprint density at radius 1 is 1.30 bits per heavy atom. The maximum absolute atomic E-state index is 6.06. The Labute approximate surface area is 125 Å². The lowest BCUT2D eigenvalue weighted by Gasteiger charge is -2.22. The summed E-state index contributed by atoms with van der Waals surface area (Å²) < 4.78 is 5.59. The Kier molecular flexibility index (Phi) is 5.21. The fourth-order valence-electron chi connectivity index (χ4n) is 2.11. The van der Waals surface area contributed by atoms with E-state index in [0.717, 1.165) is 28.8 Å². The highest BCUT2D eigenvalue weighted by atomic mass is 35.5. The zero-order chi connectivity index (χ0) is 14.5. The van der Waals surface area contributed by atoms with Crippen molar-refractivity contribution in [3.8, 4) is 0 Å². The summed E-state index contributed by atoms with van der Waals surface area (Å²) in [6, 6.07) is 10.2. The van der Waals surface area contributed by atoms with Gasteiger partial charge in [-0.15, -0.1) is 11.6 Å². The van der Waals surface area contributed by atoms with Crippen LogP contribution >= 0.6 is 11.6 Å². The summed E-state index contributed by atoms with van der Waals surface area (Å²) in [6.45, 7) is 5.56. The standard InChI is InChI=1S/C16H21ClN2O/c1-12(2)20-9-8-19(3)16-14(11-17)10-13-6-4-5-7-15(13)18-16/h4-7,10,12H,8-9,11H2,1-3H3. The molecule has 0 bridgehead atoms. The molecular weight excluding hydrogens is 272 g/mol. The van der Waals surface area contributed by atoms with E-state index < -0.39 is 0 Å². The first-order chi connectivity index (χ1) is 9.61. The van der Waals surface area contributed by atoms with E-state index >= 15 is 0 Å². The van der Waals surface area contributed by atoms with E-state index in [1.165, 1.54) is 0 Å². The number of aromatic nitrogens is 1. The van der Waals surface area contributed by atoms with Gasteiger partial charge in [0.25, 0.3) is 0 Å². The molecule has 0 fully saturated rings. The molecule has 4 heteroatoms. The highest BCUT2D eigenvalue weighted by Crippen LogP contribution is 2.24. The second kappa shape index (κ2) is 6.91. The number of hydrogen-bond acceptors (Lipinski definition) is 3. The molecular formula is C16H21ClN2O. The predicted molar refractivity (Wildman–Crippen MR) is 85.7 cm³/mol. The Balaban J connectivity index is 2.22. The third-order valence-corrected chi connectivity index (χ3v) is 3.45. The van der Waals surface area contributed by atoms with Crippen molar-refractivity contribution in [2.45, 2.75) is 25.8 Å². The molecule has 0 radical (unpaired) electrons. The van der Waals surface area contributed by atoms with Crippen molar-refractivity contribution in [3.05, 3.63) is 35.9 Å². The van der Waals surface area contributed by atoms with Gasteiger partial charge in [0.05, 0.1) is 24.1 Å². The molecule has 20 heavy (non-hydrogen) atoms. The van der Waals surface area contributed by atoms with E-state index in [2.05, 4.69) is 17.0 Å². The molecule has 0 unspecified atom stereocenters. The number of likely N-dealkylation sites (N-methyl/N-ethyl adjacent to an activating group) is 1. The Morgan fingerprint density at radius 2 is 2.05 bits per heavy atom. The third kappa shape index (κ3) is 3.62. The molecule has 0 atom stereocenters. The average Bonchev–Trinajstić information content (AvgIpc) is 2.45. The summed E-state index contributed by atoms with van der Waals surface area (Å²) in [5.41, 5.74) is 2.05. The van der Waals surface area contributed by atoms with Gasteiger partial charge < -0.3 is 9.64 Å². The van der Waals surface area contributed by atoms with Crippen LogP contribution in [0.2, 0.25) is 0 Å². The zero-order valence-electron chi connectivity index (χ0n) is 12.3. The van der Waals surface area contributed by atoms with Crippen LogP contribution in [0.3, 0.4) is 0 Å². The topological polar surface area (TPSA) is 25.4 Å². The van der Waals surface area contributed by atoms with Gasteiger partial charge in [-0.1, -0.05) is 18.2 Å². The van der Waals surface area contributed by atoms with Crippen LogP contribution in [0.5, 0.6) is 0 Å². The molecule has 1 aromatic heterocycles. The minimum absolute atomic E-state index is 0.250. The quantitative estimate of drug-likeness (QED) is 0.757. The van der Waals surface area contributed by atoms with Crippen molar-refractivity contribution in [2.24, 2.45) is 0 Å². The number of pyridine rings is 1. The molecule has 2 rings (SSSR count). The second-order valence-corrected chi connectivity index (χ2v) is 5.41. The maximum atomic E-state index is 6.06. The van der Waals surface area contributed by atoms with Crippen molar-refractivity contribution >= 4 is 28.3 Å². The molecule has 1 heterocycles.